The SMILES string of the molecule is Cn1c(=O)c2c(-c3cccc(Br)c3)n3c(c2n(C)c1=O)C(c1cccs1)OCC3. The second kappa shape index (κ2) is 6.83. The van der Waals surface area contributed by atoms with E-state index in [0.717, 1.165) is 26.3 Å². The van der Waals surface area contributed by atoms with Gasteiger partial charge in [-0.2, -0.15) is 0 Å². The zero-order chi connectivity index (χ0) is 20.3. The molecular weight excluding hydrogens is 454 g/mol. The van der Waals surface area contributed by atoms with E-state index in [-0.39, 0.29) is 17.4 Å². The molecule has 29 heavy (non-hydrogen) atoms. The predicted octanol–water partition coefficient (Wildman–Crippen LogP) is 3.65. The van der Waals surface area contributed by atoms with Gasteiger partial charge in [0, 0.05) is 35.6 Å². The maximum absolute atomic E-state index is 13.3. The van der Waals surface area contributed by atoms with Gasteiger partial charge in [-0.25, -0.2) is 4.79 Å². The smallest absolute Gasteiger partial charge is 0.331 e. The number of aryl methyl sites for hydroxylation is 1. The van der Waals surface area contributed by atoms with E-state index in [9.17, 15) is 9.59 Å². The molecule has 0 aliphatic carbocycles. The van der Waals surface area contributed by atoms with Crippen LogP contribution in [-0.2, 0) is 25.4 Å². The minimum Gasteiger partial charge on any atom is -0.364 e. The Bertz CT molecular complexity index is 1360. The van der Waals surface area contributed by atoms with Gasteiger partial charge in [-0.15, -0.1) is 11.3 Å². The summed E-state index contributed by atoms with van der Waals surface area (Å²) in [5, 5.41) is 2.56. The summed E-state index contributed by atoms with van der Waals surface area (Å²) in [6.45, 7) is 1.15. The number of thiophene rings is 1. The molecule has 0 bridgehead atoms. The van der Waals surface area contributed by atoms with Crippen LogP contribution < -0.4 is 11.2 Å². The maximum atomic E-state index is 13.3. The Morgan fingerprint density at radius 2 is 1.97 bits per heavy atom. The fraction of sp³-hybridized carbons (Fsp3) is 0.238. The molecule has 0 radical (unpaired) electrons. The van der Waals surface area contributed by atoms with Crippen molar-refractivity contribution in [1.82, 2.24) is 13.7 Å². The van der Waals surface area contributed by atoms with Crippen LogP contribution in [0, 0.1) is 0 Å². The lowest BCUT2D eigenvalue weighted by Gasteiger charge is -2.26. The fourth-order valence-electron chi connectivity index (χ4n) is 4.17. The van der Waals surface area contributed by atoms with Crippen LogP contribution >= 0.6 is 27.3 Å². The molecule has 1 aromatic carbocycles. The molecule has 6 nitrogen and oxygen atoms in total. The van der Waals surface area contributed by atoms with Crippen LogP contribution in [0.4, 0.5) is 0 Å². The largest absolute Gasteiger partial charge is 0.364 e. The van der Waals surface area contributed by atoms with Gasteiger partial charge < -0.3 is 9.30 Å². The lowest BCUT2D eigenvalue weighted by molar-refractivity contribution is 0.0500. The summed E-state index contributed by atoms with van der Waals surface area (Å²) in [7, 11) is 3.24. The highest BCUT2D eigenvalue weighted by atomic mass is 79.9. The Labute approximate surface area is 178 Å². The Kier molecular flexibility index (Phi) is 4.38. The van der Waals surface area contributed by atoms with Gasteiger partial charge in [-0.3, -0.25) is 13.9 Å². The topological polar surface area (TPSA) is 58.2 Å². The average molecular weight is 472 g/mol. The van der Waals surface area contributed by atoms with Gasteiger partial charge >= 0.3 is 5.69 Å². The van der Waals surface area contributed by atoms with Crippen molar-refractivity contribution in [1.29, 1.82) is 0 Å². The quantitative estimate of drug-likeness (QED) is 0.448. The first-order valence-electron chi connectivity index (χ1n) is 9.22. The molecule has 0 fully saturated rings. The molecule has 4 aromatic rings. The van der Waals surface area contributed by atoms with Crippen molar-refractivity contribution in [3.63, 3.8) is 0 Å². The van der Waals surface area contributed by atoms with Gasteiger partial charge in [0.25, 0.3) is 5.56 Å². The number of nitrogens with zero attached hydrogens (tertiary/aromatic N) is 3. The van der Waals surface area contributed by atoms with Crippen molar-refractivity contribution >= 4 is 38.2 Å². The van der Waals surface area contributed by atoms with Crippen LogP contribution in [0.1, 0.15) is 16.7 Å². The van der Waals surface area contributed by atoms with E-state index in [2.05, 4.69) is 20.5 Å². The summed E-state index contributed by atoms with van der Waals surface area (Å²) in [6.07, 6.45) is -0.315. The third kappa shape index (κ3) is 2.70. The molecule has 1 aliphatic rings. The minimum atomic E-state index is -0.341. The first kappa shape index (κ1) is 18.6. The Morgan fingerprint density at radius 1 is 1.14 bits per heavy atom. The molecule has 1 unspecified atom stereocenters. The van der Waals surface area contributed by atoms with Crippen LogP contribution in [0.2, 0.25) is 0 Å². The molecular formula is C21H18BrN3O3S. The van der Waals surface area contributed by atoms with E-state index in [1.807, 2.05) is 41.8 Å². The van der Waals surface area contributed by atoms with Gasteiger partial charge in [0.05, 0.1) is 28.9 Å². The van der Waals surface area contributed by atoms with E-state index in [0.29, 0.717) is 24.1 Å². The lowest BCUT2D eigenvalue weighted by atomic mass is 10.1. The average Bonchev–Trinajstić information content (AvgIpc) is 3.36. The zero-order valence-corrected chi connectivity index (χ0v) is 18.3. The second-order valence-electron chi connectivity index (χ2n) is 7.09. The summed E-state index contributed by atoms with van der Waals surface area (Å²) < 4.78 is 12.0. The van der Waals surface area contributed by atoms with Crippen molar-refractivity contribution in [3.05, 3.63) is 77.7 Å². The maximum Gasteiger partial charge on any atom is 0.331 e. The summed E-state index contributed by atoms with van der Waals surface area (Å²) >= 11 is 5.15. The summed E-state index contributed by atoms with van der Waals surface area (Å²) in [5.41, 5.74) is 2.64. The van der Waals surface area contributed by atoms with Gasteiger partial charge in [-0.1, -0.05) is 34.1 Å². The normalized spacial score (nSPS) is 16.3. The number of hydrogen-bond donors (Lipinski definition) is 0. The van der Waals surface area contributed by atoms with Gasteiger partial charge in [-0.05, 0) is 23.6 Å². The molecule has 0 saturated heterocycles. The van der Waals surface area contributed by atoms with Crippen LogP contribution in [0.3, 0.4) is 0 Å². The van der Waals surface area contributed by atoms with Crippen LogP contribution in [0.15, 0.2) is 55.8 Å². The van der Waals surface area contributed by atoms with E-state index in [4.69, 9.17) is 4.74 Å². The number of halogens is 1. The van der Waals surface area contributed by atoms with Crippen molar-refractivity contribution in [3.8, 4) is 11.3 Å². The highest BCUT2D eigenvalue weighted by Gasteiger charge is 2.33. The molecule has 0 saturated carbocycles. The molecule has 0 spiro atoms. The lowest BCUT2D eigenvalue weighted by Crippen LogP contribution is -2.37. The molecule has 4 heterocycles. The van der Waals surface area contributed by atoms with E-state index in [1.54, 1.807) is 23.0 Å². The number of ether oxygens (including phenoxy) is 1. The second-order valence-corrected chi connectivity index (χ2v) is 8.99. The number of benzene rings is 1. The highest BCUT2D eigenvalue weighted by molar-refractivity contribution is 9.10. The number of fused-ring (bicyclic) bond motifs is 3. The van der Waals surface area contributed by atoms with Crippen LogP contribution in [0.5, 0.6) is 0 Å². The molecule has 0 N–H and O–H groups in total. The summed E-state index contributed by atoms with van der Waals surface area (Å²) in [4.78, 5) is 27.1. The zero-order valence-electron chi connectivity index (χ0n) is 15.9. The van der Waals surface area contributed by atoms with Crippen LogP contribution in [0.25, 0.3) is 22.2 Å². The Hall–Kier alpha value is -2.42. The number of aromatic nitrogens is 3. The third-order valence-corrected chi connectivity index (χ3v) is 6.86. The van der Waals surface area contributed by atoms with Crippen molar-refractivity contribution in [2.24, 2.45) is 14.1 Å². The number of rotatable bonds is 2. The van der Waals surface area contributed by atoms with Crippen molar-refractivity contribution < 1.29 is 4.74 Å². The molecule has 5 rings (SSSR count). The first-order chi connectivity index (χ1) is 14.0. The van der Waals surface area contributed by atoms with Gasteiger partial charge in [0.1, 0.15) is 6.10 Å². The van der Waals surface area contributed by atoms with E-state index in [1.165, 1.54) is 11.6 Å². The van der Waals surface area contributed by atoms with Crippen LogP contribution in [-0.4, -0.2) is 20.3 Å². The highest BCUT2D eigenvalue weighted by Crippen LogP contribution is 2.41. The molecule has 8 heteroatoms. The standard InChI is InChI=1S/C21H18BrN3O3S/c1-23-17-15(20(26)24(2)21(23)27)16(12-5-3-6-13(22)11-12)25-8-9-28-19(18(17)25)14-7-4-10-29-14/h3-7,10-11,19H,8-9H2,1-2H3. The number of hydrogen-bond acceptors (Lipinski definition) is 4. The monoisotopic (exact) mass is 471 g/mol. The molecule has 148 valence electrons. The van der Waals surface area contributed by atoms with E-state index < -0.39 is 0 Å². The molecule has 3 aromatic heterocycles. The Balaban J connectivity index is 1.99. The molecule has 0 amide bonds. The van der Waals surface area contributed by atoms with Crippen molar-refractivity contribution in [2.45, 2.75) is 12.6 Å². The predicted molar refractivity (Wildman–Crippen MR) is 118 cm³/mol. The van der Waals surface area contributed by atoms with Crippen molar-refractivity contribution in [2.75, 3.05) is 6.61 Å². The van der Waals surface area contributed by atoms with Gasteiger partial charge in [0.15, 0.2) is 0 Å². The molecule has 1 aliphatic heterocycles. The first-order valence-corrected chi connectivity index (χ1v) is 10.9. The Morgan fingerprint density at radius 3 is 2.69 bits per heavy atom. The summed E-state index contributed by atoms with van der Waals surface area (Å²) in [6, 6.07) is 11.9. The van der Waals surface area contributed by atoms with E-state index >= 15 is 0 Å². The third-order valence-electron chi connectivity index (χ3n) is 5.45. The minimum absolute atomic E-state index is 0.287. The van der Waals surface area contributed by atoms with Gasteiger partial charge in [0.2, 0.25) is 0 Å². The molecule has 1 atom stereocenters. The fourth-order valence-corrected chi connectivity index (χ4v) is 5.35. The summed E-state index contributed by atoms with van der Waals surface area (Å²) in [5.74, 6) is 0.